The summed E-state index contributed by atoms with van der Waals surface area (Å²) in [4.78, 5) is 6.66. The number of aliphatic imine (C=N–C) groups is 1. The number of nitrogens with one attached hydrogen (secondary N) is 1. The molecule has 0 bridgehead atoms. The van der Waals surface area contributed by atoms with Crippen molar-refractivity contribution in [1.29, 1.82) is 0 Å². The largest absolute Gasteiger partial charge is 0.356 e. The van der Waals surface area contributed by atoms with Gasteiger partial charge in [0, 0.05) is 26.7 Å². The van der Waals surface area contributed by atoms with E-state index in [1.54, 1.807) is 0 Å². The number of halogens is 2. The molecule has 0 unspecified atom stereocenters. The highest BCUT2D eigenvalue weighted by Crippen LogP contribution is 2.28. The number of guanidine groups is 1. The summed E-state index contributed by atoms with van der Waals surface area (Å²) < 4.78 is 12.8. The summed E-state index contributed by atoms with van der Waals surface area (Å²) in [5.74, 6) is 0.787. The Morgan fingerprint density at radius 3 is 2.52 bits per heavy atom. The van der Waals surface area contributed by atoms with Crippen LogP contribution in [0.5, 0.6) is 0 Å². The van der Waals surface area contributed by atoms with Gasteiger partial charge in [-0.2, -0.15) is 0 Å². The molecule has 1 aromatic carbocycles. The predicted molar refractivity (Wildman–Crippen MR) is 96.9 cm³/mol. The van der Waals surface area contributed by atoms with Gasteiger partial charge in [0.15, 0.2) is 5.96 Å². The molecular formula is C16H25FIN3. The van der Waals surface area contributed by atoms with E-state index >= 15 is 0 Å². The van der Waals surface area contributed by atoms with Crippen molar-refractivity contribution in [3.8, 4) is 0 Å². The fraction of sp³-hybridized carbons (Fsp3) is 0.562. The number of hydrogen-bond donors (Lipinski definition) is 1. The lowest BCUT2D eigenvalue weighted by molar-refractivity contribution is 0.370. The molecule has 1 heterocycles. The molecule has 0 radical (unpaired) electrons. The van der Waals surface area contributed by atoms with Crippen LogP contribution in [0.2, 0.25) is 0 Å². The maximum atomic E-state index is 12.8. The minimum Gasteiger partial charge on any atom is -0.356 e. The Balaban J connectivity index is 0.00000220. The van der Waals surface area contributed by atoms with Gasteiger partial charge in [0.1, 0.15) is 5.82 Å². The molecule has 21 heavy (non-hydrogen) atoms. The van der Waals surface area contributed by atoms with Gasteiger partial charge in [0.05, 0.1) is 0 Å². The Morgan fingerprint density at radius 2 is 2.00 bits per heavy atom. The van der Waals surface area contributed by atoms with Crippen LogP contribution in [0.25, 0.3) is 0 Å². The molecule has 0 aliphatic carbocycles. The third-order valence-electron chi connectivity index (χ3n) is 3.80. The van der Waals surface area contributed by atoms with Crippen LogP contribution in [-0.2, 0) is 6.42 Å². The van der Waals surface area contributed by atoms with E-state index in [1.807, 2.05) is 19.2 Å². The number of benzene rings is 1. The topological polar surface area (TPSA) is 27.6 Å². The van der Waals surface area contributed by atoms with E-state index < -0.39 is 0 Å². The van der Waals surface area contributed by atoms with Gasteiger partial charge >= 0.3 is 0 Å². The lowest BCUT2D eigenvalue weighted by Gasteiger charge is -2.23. The summed E-state index contributed by atoms with van der Waals surface area (Å²) in [7, 11) is 1.82. The molecule has 1 N–H and O–H groups in total. The molecule has 1 fully saturated rings. The van der Waals surface area contributed by atoms with E-state index in [2.05, 4.69) is 29.1 Å². The summed E-state index contributed by atoms with van der Waals surface area (Å²) in [6.07, 6.45) is 2.07. The van der Waals surface area contributed by atoms with E-state index in [0.29, 0.717) is 5.41 Å². The minimum absolute atomic E-state index is 0. The number of likely N-dealkylation sites (tertiary alicyclic amines) is 1. The summed E-state index contributed by atoms with van der Waals surface area (Å²) in [6, 6.07) is 6.68. The highest BCUT2D eigenvalue weighted by atomic mass is 127. The third-order valence-corrected chi connectivity index (χ3v) is 3.80. The van der Waals surface area contributed by atoms with Crippen molar-refractivity contribution in [2.75, 3.05) is 26.7 Å². The Morgan fingerprint density at radius 1 is 1.33 bits per heavy atom. The first-order valence-electron chi connectivity index (χ1n) is 7.20. The quantitative estimate of drug-likeness (QED) is 0.475. The van der Waals surface area contributed by atoms with Crippen molar-refractivity contribution in [2.45, 2.75) is 26.7 Å². The number of rotatable bonds is 3. The fourth-order valence-electron chi connectivity index (χ4n) is 2.60. The molecule has 5 heteroatoms. The summed E-state index contributed by atoms with van der Waals surface area (Å²) in [5.41, 5.74) is 1.50. The maximum Gasteiger partial charge on any atom is 0.193 e. The second-order valence-electron chi connectivity index (χ2n) is 6.19. The molecule has 1 aliphatic heterocycles. The zero-order valence-electron chi connectivity index (χ0n) is 13.0. The molecule has 2 rings (SSSR count). The zero-order valence-corrected chi connectivity index (χ0v) is 15.4. The average Bonchev–Trinajstić information content (AvgIpc) is 2.77. The Kier molecular flexibility index (Phi) is 6.90. The molecule has 0 atom stereocenters. The summed E-state index contributed by atoms with van der Waals surface area (Å²) in [5, 5.41) is 3.39. The first-order valence-corrected chi connectivity index (χ1v) is 7.20. The smallest absolute Gasteiger partial charge is 0.193 e. The van der Waals surface area contributed by atoms with Gasteiger partial charge in [-0.1, -0.05) is 26.0 Å². The molecule has 0 amide bonds. The molecular weight excluding hydrogens is 380 g/mol. The van der Waals surface area contributed by atoms with Crippen molar-refractivity contribution in [2.24, 2.45) is 10.4 Å². The number of hydrogen-bond acceptors (Lipinski definition) is 1. The highest BCUT2D eigenvalue weighted by Gasteiger charge is 2.30. The van der Waals surface area contributed by atoms with Gasteiger partial charge in [-0.25, -0.2) is 4.39 Å². The third kappa shape index (κ3) is 5.45. The predicted octanol–water partition coefficient (Wildman–Crippen LogP) is 3.29. The molecule has 1 aromatic rings. The average molecular weight is 405 g/mol. The van der Waals surface area contributed by atoms with Crippen LogP contribution in [0, 0.1) is 11.2 Å². The Hall–Kier alpha value is -0.850. The van der Waals surface area contributed by atoms with Gasteiger partial charge in [-0.15, -0.1) is 24.0 Å². The second-order valence-corrected chi connectivity index (χ2v) is 6.19. The Bertz CT molecular complexity index is 471. The molecule has 3 nitrogen and oxygen atoms in total. The van der Waals surface area contributed by atoms with Gasteiger partial charge in [-0.3, -0.25) is 4.99 Å². The second kappa shape index (κ2) is 7.96. The van der Waals surface area contributed by atoms with Crippen LogP contribution in [0.4, 0.5) is 4.39 Å². The van der Waals surface area contributed by atoms with Crippen LogP contribution in [-0.4, -0.2) is 37.5 Å². The molecule has 118 valence electrons. The fourth-order valence-corrected chi connectivity index (χ4v) is 2.60. The van der Waals surface area contributed by atoms with Crippen LogP contribution >= 0.6 is 24.0 Å². The van der Waals surface area contributed by atoms with Crippen LogP contribution in [0.1, 0.15) is 25.8 Å². The van der Waals surface area contributed by atoms with E-state index in [4.69, 9.17) is 0 Å². The van der Waals surface area contributed by atoms with E-state index in [9.17, 15) is 4.39 Å². The van der Waals surface area contributed by atoms with E-state index in [0.717, 1.165) is 37.6 Å². The Labute approximate surface area is 144 Å². The van der Waals surface area contributed by atoms with Crippen LogP contribution < -0.4 is 5.32 Å². The number of nitrogens with zero attached hydrogens (tertiary/aromatic N) is 2. The lowest BCUT2D eigenvalue weighted by Crippen LogP contribution is -2.41. The minimum atomic E-state index is -0.184. The molecule has 0 saturated carbocycles. The van der Waals surface area contributed by atoms with Crippen molar-refractivity contribution in [3.63, 3.8) is 0 Å². The zero-order chi connectivity index (χ0) is 14.6. The van der Waals surface area contributed by atoms with Crippen LogP contribution in [0.15, 0.2) is 29.3 Å². The molecule has 0 aromatic heterocycles. The monoisotopic (exact) mass is 405 g/mol. The molecule has 0 spiro atoms. The highest BCUT2D eigenvalue weighted by molar-refractivity contribution is 14.0. The SMILES string of the molecule is CN=C(NCCc1ccc(F)cc1)N1CCC(C)(C)C1.I. The van der Waals surface area contributed by atoms with Crippen LogP contribution in [0.3, 0.4) is 0 Å². The normalized spacial score (nSPS) is 17.5. The first-order chi connectivity index (χ1) is 9.50. The van der Waals surface area contributed by atoms with E-state index in [1.165, 1.54) is 18.6 Å². The summed E-state index contributed by atoms with van der Waals surface area (Å²) >= 11 is 0. The molecule has 1 aliphatic rings. The summed E-state index contributed by atoms with van der Waals surface area (Å²) in [6.45, 7) is 7.50. The van der Waals surface area contributed by atoms with Crippen molar-refractivity contribution in [1.82, 2.24) is 10.2 Å². The van der Waals surface area contributed by atoms with Crippen molar-refractivity contribution >= 4 is 29.9 Å². The van der Waals surface area contributed by atoms with Crippen molar-refractivity contribution < 1.29 is 4.39 Å². The van der Waals surface area contributed by atoms with Gasteiger partial charge in [0.25, 0.3) is 0 Å². The van der Waals surface area contributed by atoms with Gasteiger partial charge < -0.3 is 10.2 Å². The van der Waals surface area contributed by atoms with Crippen molar-refractivity contribution in [3.05, 3.63) is 35.6 Å². The lowest BCUT2D eigenvalue weighted by atomic mass is 9.93. The maximum absolute atomic E-state index is 12.8. The molecule has 1 saturated heterocycles. The van der Waals surface area contributed by atoms with Gasteiger partial charge in [-0.05, 0) is 36.0 Å². The standard InChI is InChI=1S/C16H24FN3.HI/c1-16(2)9-11-20(12-16)15(18-3)19-10-8-13-4-6-14(17)7-5-13;/h4-7H,8-12H2,1-3H3,(H,18,19);1H. The van der Waals surface area contributed by atoms with E-state index in [-0.39, 0.29) is 29.8 Å². The first kappa shape index (κ1) is 18.2. The van der Waals surface area contributed by atoms with Gasteiger partial charge in [0.2, 0.25) is 0 Å².